The summed E-state index contributed by atoms with van der Waals surface area (Å²) in [6, 6.07) is 8.48. The van der Waals surface area contributed by atoms with Gasteiger partial charge in [-0.25, -0.2) is 4.98 Å². The van der Waals surface area contributed by atoms with Gasteiger partial charge in [0, 0.05) is 30.5 Å². The van der Waals surface area contributed by atoms with E-state index in [9.17, 15) is 0 Å². The van der Waals surface area contributed by atoms with Crippen LogP contribution in [0.1, 0.15) is 43.0 Å². The number of ether oxygens (including phenoxy) is 1. The van der Waals surface area contributed by atoms with Crippen molar-refractivity contribution in [2.45, 2.75) is 38.0 Å². The van der Waals surface area contributed by atoms with Gasteiger partial charge in [-0.05, 0) is 55.7 Å². The van der Waals surface area contributed by atoms with Crippen molar-refractivity contribution in [3.63, 3.8) is 0 Å². The molecule has 2 aliphatic rings. The van der Waals surface area contributed by atoms with Crippen LogP contribution in [0.5, 0.6) is 5.75 Å². The Hall–Kier alpha value is -1.62. The van der Waals surface area contributed by atoms with Gasteiger partial charge >= 0.3 is 0 Å². The molecule has 122 valence electrons. The van der Waals surface area contributed by atoms with Crippen LogP contribution in [0.3, 0.4) is 0 Å². The maximum atomic E-state index is 5.32. The Morgan fingerprint density at radius 2 is 2.04 bits per heavy atom. The smallest absolute Gasteiger partial charge is 0.205 e. The SMILES string of the molecule is COc1cccc(CC2CCN(c3nc(C4CC4)ns3)CC2)c1. The van der Waals surface area contributed by atoms with Gasteiger partial charge in [0.05, 0.1) is 7.11 Å². The van der Waals surface area contributed by atoms with E-state index in [1.165, 1.54) is 31.2 Å². The Morgan fingerprint density at radius 3 is 2.78 bits per heavy atom. The molecule has 4 rings (SSSR count). The fourth-order valence-electron chi connectivity index (χ4n) is 3.32. The number of nitrogens with zero attached hydrogens (tertiary/aromatic N) is 3. The lowest BCUT2D eigenvalue weighted by Gasteiger charge is -2.31. The molecule has 4 nitrogen and oxygen atoms in total. The van der Waals surface area contributed by atoms with Crippen molar-refractivity contribution in [2.24, 2.45) is 5.92 Å². The molecule has 1 aromatic carbocycles. The fourth-order valence-corrected chi connectivity index (χ4v) is 4.12. The molecule has 5 heteroatoms. The van der Waals surface area contributed by atoms with E-state index in [0.29, 0.717) is 5.92 Å². The first-order chi connectivity index (χ1) is 11.3. The molecule has 0 radical (unpaired) electrons. The number of hydrogen-bond acceptors (Lipinski definition) is 5. The average Bonchev–Trinajstić information content (AvgIpc) is 3.33. The number of anilines is 1. The van der Waals surface area contributed by atoms with Gasteiger partial charge in [-0.3, -0.25) is 0 Å². The molecule has 0 N–H and O–H groups in total. The lowest BCUT2D eigenvalue weighted by Crippen LogP contribution is -2.34. The van der Waals surface area contributed by atoms with E-state index in [-0.39, 0.29) is 0 Å². The topological polar surface area (TPSA) is 38.2 Å². The molecule has 2 aromatic rings. The molecule has 1 aliphatic carbocycles. The summed E-state index contributed by atoms with van der Waals surface area (Å²) in [5, 5.41) is 1.13. The van der Waals surface area contributed by atoms with Gasteiger partial charge < -0.3 is 9.64 Å². The van der Waals surface area contributed by atoms with Crippen LogP contribution < -0.4 is 9.64 Å². The van der Waals surface area contributed by atoms with Crippen molar-refractivity contribution in [1.29, 1.82) is 0 Å². The molecule has 0 bridgehead atoms. The molecule has 23 heavy (non-hydrogen) atoms. The first kappa shape index (κ1) is 14.9. The van der Waals surface area contributed by atoms with Crippen LogP contribution in [0, 0.1) is 5.92 Å². The van der Waals surface area contributed by atoms with Crippen LogP contribution >= 0.6 is 11.5 Å². The Bertz CT molecular complexity index is 660. The highest BCUT2D eigenvalue weighted by molar-refractivity contribution is 7.09. The first-order valence-corrected chi connectivity index (χ1v) is 9.30. The summed E-state index contributed by atoms with van der Waals surface area (Å²) in [4.78, 5) is 7.17. The van der Waals surface area contributed by atoms with Crippen LogP contribution in [-0.2, 0) is 6.42 Å². The molecule has 0 spiro atoms. The summed E-state index contributed by atoms with van der Waals surface area (Å²) in [5.41, 5.74) is 1.38. The molecular weight excluding hydrogens is 306 g/mol. The Morgan fingerprint density at radius 1 is 1.22 bits per heavy atom. The lowest BCUT2D eigenvalue weighted by atomic mass is 9.90. The van der Waals surface area contributed by atoms with Gasteiger partial charge in [0.1, 0.15) is 11.6 Å². The molecule has 0 amide bonds. The molecule has 1 saturated heterocycles. The monoisotopic (exact) mass is 329 g/mol. The van der Waals surface area contributed by atoms with E-state index in [2.05, 4.69) is 27.5 Å². The highest BCUT2D eigenvalue weighted by Gasteiger charge is 2.29. The maximum absolute atomic E-state index is 5.32. The number of piperidine rings is 1. The molecule has 1 aromatic heterocycles. The van der Waals surface area contributed by atoms with E-state index < -0.39 is 0 Å². The molecule has 2 fully saturated rings. The number of methoxy groups -OCH3 is 1. The molecule has 2 heterocycles. The van der Waals surface area contributed by atoms with Crippen LogP contribution in [0.2, 0.25) is 0 Å². The zero-order valence-corrected chi connectivity index (χ0v) is 14.4. The predicted octanol–water partition coefficient (Wildman–Crippen LogP) is 3.88. The summed E-state index contributed by atoms with van der Waals surface area (Å²) >= 11 is 1.58. The Labute approximate surface area is 141 Å². The lowest BCUT2D eigenvalue weighted by molar-refractivity contribution is 0.398. The summed E-state index contributed by atoms with van der Waals surface area (Å²) in [5.74, 6) is 3.46. The van der Waals surface area contributed by atoms with Crippen molar-refractivity contribution in [2.75, 3.05) is 25.1 Å². The first-order valence-electron chi connectivity index (χ1n) is 8.53. The van der Waals surface area contributed by atoms with Crippen molar-refractivity contribution < 1.29 is 4.74 Å². The fraction of sp³-hybridized carbons (Fsp3) is 0.556. The van der Waals surface area contributed by atoms with Gasteiger partial charge in [0.2, 0.25) is 5.13 Å². The van der Waals surface area contributed by atoms with Gasteiger partial charge in [-0.1, -0.05) is 12.1 Å². The largest absolute Gasteiger partial charge is 0.497 e. The van der Waals surface area contributed by atoms with E-state index in [4.69, 9.17) is 9.72 Å². The minimum absolute atomic E-state index is 0.658. The number of aromatic nitrogens is 2. The zero-order valence-electron chi connectivity index (χ0n) is 13.6. The van der Waals surface area contributed by atoms with E-state index >= 15 is 0 Å². The Balaban J connectivity index is 1.33. The second-order valence-corrected chi connectivity index (χ2v) is 7.43. The van der Waals surface area contributed by atoms with Crippen LogP contribution in [0.25, 0.3) is 0 Å². The number of hydrogen-bond donors (Lipinski definition) is 0. The van der Waals surface area contributed by atoms with E-state index in [0.717, 1.165) is 42.1 Å². The average molecular weight is 329 g/mol. The highest BCUT2D eigenvalue weighted by Crippen LogP contribution is 2.40. The van der Waals surface area contributed by atoms with E-state index in [1.807, 2.05) is 6.07 Å². The summed E-state index contributed by atoms with van der Waals surface area (Å²) in [7, 11) is 1.73. The number of rotatable bonds is 5. The third-order valence-electron chi connectivity index (χ3n) is 4.92. The Kier molecular flexibility index (Phi) is 4.21. The third kappa shape index (κ3) is 3.50. The maximum Gasteiger partial charge on any atom is 0.205 e. The summed E-state index contributed by atoms with van der Waals surface area (Å²) in [6.45, 7) is 2.21. The van der Waals surface area contributed by atoms with E-state index in [1.54, 1.807) is 18.6 Å². The van der Waals surface area contributed by atoms with Crippen molar-refractivity contribution in [1.82, 2.24) is 9.36 Å². The van der Waals surface area contributed by atoms with Crippen LogP contribution in [-0.4, -0.2) is 29.6 Å². The second kappa shape index (κ2) is 6.48. The van der Waals surface area contributed by atoms with Crippen molar-refractivity contribution >= 4 is 16.7 Å². The van der Waals surface area contributed by atoms with Crippen LogP contribution in [0.15, 0.2) is 24.3 Å². The van der Waals surface area contributed by atoms with Gasteiger partial charge in [0.25, 0.3) is 0 Å². The van der Waals surface area contributed by atoms with Gasteiger partial charge in [0.15, 0.2) is 0 Å². The molecule has 1 aliphatic heterocycles. The quantitative estimate of drug-likeness (QED) is 0.834. The highest BCUT2D eigenvalue weighted by atomic mass is 32.1. The van der Waals surface area contributed by atoms with Crippen molar-refractivity contribution in [3.05, 3.63) is 35.7 Å². The van der Waals surface area contributed by atoms with Crippen molar-refractivity contribution in [3.8, 4) is 5.75 Å². The van der Waals surface area contributed by atoms with Crippen LogP contribution in [0.4, 0.5) is 5.13 Å². The second-order valence-electron chi connectivity index (χ2n) is 6.70. The molecule has 0 atom stereocenters. The standard InChI is InChI=1S/C18H23N3OS/c1-22-16-4-2-3-14(12-16)11-13-7-9-21(10-8-13)18-19-17(20-23-18)15-5-6-15/h2-4,12-13,15H,5-11H2,1H3. The predicted molar refractivity (Wildman–Crippen MR) is 93.5 cm³/mol. The normalized spacial score (nSPS) is 19.1. The minimum Gasteiger partial charge on any atom is -0.497 e. The molecule has 0 unspecified atom stereocenters. The third-order valence-corrected chi connectivity index (χ3v) is 5.71. The molecule has 1 saturated carbocycles. The molecular formula is C18H23N3OS. The summed E-state index contributed by atoms with van der Waals surface area (Å²) in [6.07, 6.45) is 6.16. The number of benzene rings is 1. The van der Waals surface area contributed by atoms with Gasteiger partial charge in [-0.15, -0.1) is 0 Å². The van der Waals surface area contributed by atoms with Gasteiger partial charge in [-0.2, -0.15) is 4.37 Å². The zero-order chi connectivity index (χ0) is 15.6. The summed E-state index contributed by atoms with van der Waals surface area (Å²) < 4.78 is 9.86. The minimum atomic E-state index is 0.658.